The molecule has 1 fully saturated rings. The highest BCUT2D eigenvalue weighted by molar-refractivity contribution is 5.95. The monoisotopic (exact) mass is 289 g/mol. The molecule has 0 aromatic heterocycles. The van der Waals surface area contributed by atoms with Crippen LogP contribution >= 0.6 is 0 Å². The van der Waals surface area contributed by atoms with Crippen LogP contribution in [0.25, 0.3) is 0 Å². The largest absolute Gasteiger partial charge is 0.351 e. The zero-order valence-electron chi connectivity index (χ0n) is 12.8. The Hall–Kier alpha value is -1.39. The molecule has 1 aliphatic rings. The van der Waals surface area contributed by atoms with E-state index >= 15 is 0 Å². The summed E-state index contributed by atoms with van der Waals surface area (Å²) in [6.07, 6.45) is 6.00. The van der Waals surface area contributed by atoms with Gasteiger partial charge in [-0.3, -0.25) is 4.79 Å². The number of carbonyl (C=O) groups is 1. The van der Waals surface area contributed by atoms with Crippen LogP contribution in [0.2, 0.25) is 0 Å². The van der Waals surface area contributed by atoms with E-state index in [0.717, 1.165) is 30.6 Å². The number of amides is 1. The molecule has 0 atom stereocenters. The number of hydrogen-bond acceptors (Lipinski definition) is 3. The second kappa shape index (κ2) is 8.80. The molecule has 0 saturated carbocycles. The van der Waals surface area contributed by atoms with Crippen LogP contribution in [0.5, 0.6) is 0 Å². The summed E-state index contributed by atoms with van der Waals surface area (Å²) in [5.41, 5.74) is 7.40. The molecule has 1 aromatic carbocycles. The molecule has 1 amide bonds. The smallest absolute Gasteiger partial charge is 0.251 e. The fourth-order valence-electron chi connectivity index (χ4n) is 2.90. The molecular formula is C17H27N3O. The van der Waals surface area contributed by atoms with Crippen LogP contribution in [-0.4, -0.2) is 43.5 Å². The zero-order valence-corrected chi connectivity index (χ0v) is 12.8. The summed E-state index contributed by atoms with van der Waals surface area (Å²) in [6, 6.07) is 7.73. The van der Waals surface area contributed by atoms with Gasteiger partial charge in [0.1, 0.15) is 0 Å². The van der Waals surface area contributed by atoms with Crippen molar-refractivity contribution in [3.63, 3.8) is 0 Å². The maximum absolute atomic E-state index is 12.3. The minimum absolute atomic E-state index is 0.0221. The van der Waals surface area contributed by atoms with Crippen molar-refractivity contribution in [2.45, 2.75) is 32.1 Å². The summed E-state index contributed by atoms with van der Waals surface area (Å²) in [6.45, 7) is 4.57. The topological polar surface area (TPSA) is 58.4 Å². The molecule has 1 heterocycles. The number of nitrogens with two attached hydrogens (primary N) is 1. The Kier molecular flexibility index (Phi) is 6.70. The maximum atomic E-state index is 12.3. The minimum Gasteiger partial charge on any atom is -0.351 e. The Bertz CT molecular complexity index is 439. The van der Waals surface area contributed by atoms with Crippen molar-refractivity contribution in [3.05, 3.63) is 35.4 Å². The summed E-state index contributed by atoms with van der Waals surface area (Å²) in [5, 5.41) is 3.04. The first kappa shape index (κ1) is 16.0. The number of nitrogens with one attached hydrogen (secondary N) is 1. The molecule has 1 saturated heterocycles. The van der Waals surface area contributed by atoms with Crippen LogP contribution in [0.1, 0.15) is 41.6 Å². The quantitative estimate of drug-likeness (QED) is 0.839. The Morgan fingerprint density at radius 2 is 1.86 bits per heavy atom. The van der Waals surface area contributed by atoms with Gasteiger partial charge in [-0.05, 0) is 50.5 Å². The van der Waals surface area contributed by atoms with Crippen LogP contribution < -0.4 is 11.1 Å². The van der Waals surface area contributed by atoms with E-state index in [1.807, 2.05) is 24.3 Å². The van der Waals surface area contributed by atoms with Gasteiger partial charge in [-0.25, -0.2) is 0 Å². The Morgan fingerprint density at radius 1 is 1.14 bits per heavy atom. The van der Waals surface area contributed by atoms with Gasteiger partial charge in [-0.1, -0.05) is 31.0 Å². The van der Waals surface area contributed by atoms with Gasteiger partial charge in [-0.15, -0.1) is 0 Å². The Morgan fingerprint density at radius 3 is 2.57 bits per heavy atom. The molecule has 116 valence electrons. The van der Waals surface area contributed by atoms with Crippen molar-refractivity contribution in [2.75, 3.05) is 32.7 Å². The predicted octanol–water partition coefficient (Wildman–Crippen LogP) is 1.79. The molecule has 1 aromatic rings. The molecule has 4 nitrogen and oxygen atoms in total. The standard InChI is InChI=1S/C17H27N3O/c18-10-9-15-7-3-4-8-16(15)17(21)19-11-14-20-12-5-1-2-6-13-20/h3-4,7-8H,1-2,5-6,9-14,18H2,(H,19,21). The van der Waals surface area contributed by atoms with E-state index in [1.165, 1.54) is 38.8 Å². The number of rotatable bonds is 6. The highest BCUT2D eigenvalue weighted by atomic mass is 16.1. The number of likely N-dealkylation sites (tertiary alicyclic amines) is 1. The van der Waals surface area contributed by atoms with E-state index < -0.39 is 0 Å². The van der Waals surface area contributed by atoms with Crippen molar-refractivity contribution in [1.82, 2.24) is 10.2 Å². The van der Waals surface area contributed by atoms with Crippen LogP contribution in [0.4, 0.5) is 0 Å². The van der Waals surface area contributed by atoms with E-state index in [2.05, 4.69) is 10.2 Å². The zero-order chi connectivity index (χ0) is 14.9. The fourth-order valence-corrected chi connectivity index (χ4v) is 2.90. The first-order chi connectivity index (χ1) is 10.3. The predicted molar refractivity (Wildman–Crippen MR) is 86.4 cm³/mol. The van der Waals surface area contributed by atoms with Gasteiger partial charge in [-0.2, -0.15) is 0 Å². The Labute approximate surface area is 127 Å². The molecule has 1 aliphatic heterocycles. The number of carbonyl (C=O) groups excluding carboxylic acids is 1. The van der Waals surface area contributed by atoms with Gasteiger partial charge in [0.2, 0.25) is 0 Å². The average Bonchev–Trinajstić information content (AvgIpc) is 2.77. The number of benzene rings is 1. The van der Waals surface area contributed by atoms with E-state index in [4.69, 9.17) is 5.73 Å². The van der Waals surface area contributed by atoms with Crippen LogP contribution in [0.15, 0.2) is 24.3 Å². The van der Waals surface area contributed by atoms with Crippen molar-refractivity contribution < 1.29 is 4.79 Å². The van der Waals surface area contributed by atoms with Crippen LogP contribution in [0, 0.1) is 0 Å². The van der Waals surface area contributed by atoms with E-state index in [1.54, 1.807) is 0 Å². The van der Waals surface area contributed by atoms with Crippen molar-refractivity contribution in [3.8, 4) is 0 Å². The number of hydrogen-bond donors (Lipinski definition) is 2. The van der Waals surface area contributed by atoms with Crippen LogP contribution in [0.3, 0.4) is 0 Å². The lowest BCUT2D eigenvalue weighted by molar-refractivity contribution is 0.0947. The van der Waals surface area contributed by atoms with E-state index in [-0.39, 0.29) is 5.91 Å². The van der Waals surface area contributed by atoms with Gasteiger partial charge in [0.15, 0.2) is 0 Å². The van der Waals surface area contributed by atoms with Crippen molar-refractivity contribution >= 4 is 5.91 Å². The van der Waals surface area contributed by atoms with Gasteiger partial charge < -0.3 is 16.0 Å². The summed E-state index contributed by atoms with van der Waals surface area (Å²) in [5.74, 6) is 0.0221. The third-order valence-electron chi connectivity index (χ3n) is 4.09. The molecule has 0 unspecified atom stereocenters. The Balaban J connectivity index is 1.81. The lowest BCUT2D eigenvalue weighted by Gasteiger charge is -2.20. The molecule has 4 heteroatoms. The van der Waals surface area contributed by atoms with Gasteiger partial charge in [0, 0.05) is 18.7 Å². The second-order valence-corrected chi connectivity index (χ2v) is 5.71. The minimum atomic E-state index is 0.0221. The molecule has 0 spiro atoms. The normalized spacial score (nSPS) is 16.4. The van der Waals surface area contributed by atoms with Crippen molar-refractivity contribution in [1.29, 1.82) is 0 Å². The average molecular weight is 289 g/mol. The van der Waals surface area contributed by atoms with Crippen LogP contribution in [-0.2, 0) is 6.42 Å². The van der Waals surface area contributed by atoms with Gasteiger partial charge in [0.05, 0.1) is 0 Å². The SMILES string of the molecule is NCCc1ccccc1C(=O)NCCN1CCCCCC1. The second-order valence-electron chi connectivity index (χ2n) is 5.71. The van der Waals surface area contributed by atoms with E-state index in [0.29, 0.717) is 6.54 Å². The first-order valence-corrected chi connectivity index (χ1v) is 8.10. The summed E-state index contributed by atoms with van der Waals surface area (Å²) in [4.78, 5) is 14.7. The fraction of sp³-hybridized carbons (Fsp3) is 0.588. The van der Waals surface area contributed by atoms with E-state index in [9.17, 15) is 4.79 Å². The lowest BCUT2D eigenvalue weighted by Crippen LogP contribution is -2.35. The molecule has 21 heavy (non-hydrogen) atoms. The molecule has 2 rings (SSSR count). The summed E-state index contributed by atoms with van der Waals surface area (Å²) < 4.78 is 0. The molecule has 0 bridgehead atoms. The van der Waals surface area contributed by atoms with Crippen molar-refractivity contribution in [2.24, 2.45) is 5.73 Å². The summed E-state index contributed by atoms with van der Waals surface area (Å²) in [7, 11) is 0. The van der Waals surface area contributed by atoms with Gasteiger partial charge >= 0.3 is 0 Å². The molecular weight excluding hydrogens is 262 g/mol. The molecule has 3 N–H and O–H groups in total. The lowest BCUT2D eigenvalue weighted by atomic mass is 10.0. The molecule has 0 aliphatic carbocycles. The third-order valence-corrected chi connectivity index (χ3v) is 4.09. The summed E-state index contributed by atoms with van der Waals surface area (Å²) >= 11 is 0. The molecule has 0 radical (unpaired) electrons. The highest BCUT2D eigenvalue weighted by Crippen LogP contribution is 2.10. The van der Waals surface area contributed by atoms with Gasteiger partial charge in [0.25, 0.3) is 5.91 Å². The number of nitrogens with zero attached hydrogens (tertiary/aromatic N) is 1. The maximum Gasteiger partial charge on any atom is 0.251 e. The third kappa shape index (κ3) is 5.14. The highest BCUT2D eigenvalue weighted by Gasteiger charge is 2.12. The first-order valence-electron chi connectivity index (χ1n) is 8.10.